The van der Waals surface area contributed by atoms with Gasteiger partial charge in [0.25, 0.3) is 11.6 Å². The first kappa shape index (κ1) is 16.6. The number of nitro groups is 1. The third kappa shape index (κ3) is 3.89. The fourth-order valence-corrected chi connectivity index (χ4v) is 2.45. The SMILES string of the molecule is CS(=O)(=O)c1cccc(C(=O)Nc2cc([N+](=O)[O-])ccc2F)c1. The Hall–Kier alpha value is -2.81. The Morgan fingerprint density at radius 1 is 1.22 bits per heavy atom. The van der Waals surface area contributed by atoms with Crippen molar-refractivity contribution in [3.8, 4) is 0 Å². The standard InChI is InChI=1S/C14H11FN2O5S/c1-23(21,22)11-4-2-3-9(7-11)14(18)16-13-8-10(17(19)20)5-6-12(13)15/h2-8H,1H3,(H,16,18). The number of rotatable bonds is 4. The highest BCUT2D eigenvalue weighted by molar-refractivity contribution is 7.90. The number of anilines is 1. The van der Waals surface area contributed by atoms with E-state index >= 15 is 0 Å². The first-order chi connectivity index (χ1) is 10.7. The summed E-state index contributed by atoms with van der Waals surface area (Å²) in [5.41, 5.74) is -0.764. The minimum absolute atomic E-state index is 0.0150. The largest absolute Gasteiger partial charge is 0.319 e. The van der Waals surface area contributed by atoms with Gasteiger partial charge in [-0.05, 0) is 24.3 Å². The topological polar surface area (TPSA) is 106 Å². The van der Waals surface area contributed by atoms with E-state index in [9.17, 15) is 27.7 Å². The summed E-state index contributed by atoms with van der Waals surface area (Å²) in [5.74, 6) is -1.63. The summed E-state index contributed by atoms with van der Waals surface area (Å²) in [6, 6.07) is 7.89. The Bertz CT molecular complexity index is 896. The molecular weight excluding hydrogens is 327 g/mol. The van der Waals surface area contributed by atoms with Gasteiger partial charge in [0.1, 0.15) is 5.82 Å². The molecule has 23 heavy (non-hydrogen) atoms. The molecule has 1 N–H and O–H groups in total. The van der Waals surface area contributed by atoms with E-state index in [1.807, 2.05) is 0 Å². The second kappa shape index (κ2) is 6.13. The van der Waals surface area contributed by atoms with Crippen LogP contribution in [0.3, 0.4) is 0 Å². The lowest BCUT2D eigenvalue weighted by molar-refractivity contribution is -0.384. The predicted molar refractivity (Wildman–Crippen MR) is 80.6 cm³/mol. The van der Waals surface area contributed by atoms with Crippen molar-refractivity contribution in [1.82, 2.24) is 0 Å². The zero-order chi connectivity index (χ0) is 17.2. The van der Waals surface area contributed by atoms with Crippen LogP contribution < -0.4 is 5.32 Å². The van der Waals surface area contributed by atoms with Crippen LogP contribution in [0.2, 0.25) is 0 Å². The van der Waals surface area contributed by atoms with Crippen molar-refractivity contribution >= 4 is 27.1 Å². The Morgan fingerprint density at radius 2 is 1.91 bits per heavy atom. The molecule has 0 fully saturated rings. The summed E-state index contributed by atoms with van der Waals surface area (Å²) >= 11 is 0. The quantitative estimate of drug-likeness (QED) is 0.680. The van der Waals surface area contributed by atoms with Gasteiger partial charge in [-0.15, -0.1) is 0 Å². The van der Waals surface area contributed by atoms with Crippen LogP contribution in [0.15, 0.2) is 47.4 Å². The van der Waals surface area contributed by atoms with Gasteiger partial charge in [0.2, 0.25) is 0 Å². The average molecular weight is 338 g/mol. The Labute approximate surface area is 130 Å². The third-order valence-corrected chi connectivity index (χ3v) is 4.04. The molecule has 2 rings (SSSR count). The van der Waals surface area contributed by atoms with E-state index in [1.54, 1.807) is 0 Å². The molecule has 0 aliphatic carbocycles. The van der Waals surface area contributed by atoms with Crippen molar-refractivity contribution in [2.24, 2.45) is 0 Å². The van der Waals surface area contributed by atoms with E-state index in [-0.39, 0.29) is 21.8 Å². The molecule has 0 unspecified atom stereocenters. The number of hydrogen-bond acceptors (Lipinski definition) is 5. The molecule has 2 aromatic carbocycles. The zero-order valence-corrected chi connectivity index (χ0v) is 12.6. The fraction of sp³-hybridized carbons (Fsp3) is 0.0714. The first-order valence-electron chi connectivity index (χ1n) is 6.24. The van der Waals surface area contributed by atoms with Gasteiger partial charge in [-0.25, -0.2) is 12.8 Å². The van der Waals surface area contributed by atoms with Crippen LogP contribution in [0.4, 0.5) is 15.8 Å². The van der Waals surface area contributed by atoms with Crippen molar-refractivity contribution in [3.63, 3.8) is 0 Å². The van der Waals surface area contributed by atoms with Gasteiger partial charge >= 0.3 is 0 Å². The minimum atomic E-state index is -3.50. The number of sulfone groups is 1. The maximum absolute atomic E-state index is 13.6. The van der Waals surface area contributed by atoms with E-state index < -0.39 is 26.5 Å². The third-order valence-electron chi connectivity index (χ3n) is 2.93. The molecule has 0 spiro atoms. The molecule has 120 valence electrons. The summed E-state index contributed by atoms with van der Waals surface area (Å²) < 4.78 is 36.6. The van der Waals surface area contributed by atoms with Crippen LogP contribution in [-0.4, -0.2) is 25.5 Å². The number of hydrogen-bond donors (Lipinski definition) is 1. The molecule has 0 aliphatic rings. The summed E-state index contributed by atoms with van der Waals surface area (Å²) in [7, 11) is -3.50. The number of carbonyl (C=O) groups is 1. The Balaban J connectivity index is 2.33. The molecule has 2 aromatic rings. The maximum Gasteiger partial charge on any atom is 0.271 e. The molecule has 0 radical (unpaired) electrons. The second-order valence-electron chi connectivity index (χ2n) is 4.68. The van der Waals surface area contributed by atoms with Crippen LogP contribution >= 0.6 is 0 Å². The summed E-state index contributed by atoms with van der Waals surface area (Å²) in [6.07, 6.45) is 0.990. The number of nitrogens with zero attached hydrogens (tertiary/aromatic N) is 1. The molecule has 0 aromatic heterocycles. The van der Waals surface area contributed by atoms with Crippen molar-refractivity contribution in [2.75, 3.05) is 11.6 Å². The lowest BCUT2D eigenvalue weighted by atomic mass is 10.2. The van der Waals surface area contributed by atoms with E-state index in [2.05, 4.69) is 5.32 Å². The number of carbonyl (C=O) groups excluding carboxylic acids is 1. The second-order valence-corrected chi connectivity index (χ2v) is 6.69. The molecule has 0 aliphatic heterocycles. The molecule has 0 saturated carbocycles. The molecule has 0 saturated heterocycles. The molecule has 7 nitrogen and oxygen atoms in total. The van der Waals surface area contributed by atoms with Gasteiger partial charge in [-0.1, -0.05) is 6.07 Å². The molecule has 0 heterocycles. The molecule has 9 heteroatoms. The van der Waals surface area contributed by atoms with Crippen molar-refractivity contribution in [3.05, 3.63) is 64.0 Å². The van der Waals surface area contributed by atoms with Gasteiger partial charge in [0.05, 0.1) is 15.5 Å². The highest BCUT2D eigenvalue weighted by Crippen LogP contribution is 2.22. The molecular formula is C14H11FN2O5S. The number of halogens is 1. The van der Waals surface area contributed by atoms with E-state index in [4.69, 9.17) is 0 Å². The summed E-state index contributed by atoms with van der Waals surface area (Å²) in [6.45, 7) is 0. The van der Waals surface area contributed by atoms with Gasteiger partial charge in [-0.3, -0.25) is 14.9 Å². The van der Waals surface area contributed by atoms with Gasteiger partial charge in [-0.2, -0.15) is 0 Å². The number of nitrogens with one attached hydrogen (secondary N) is 1. The van der Waals surface area contributed by atoms with E-state index in [0.717, 1.165) is 30.5 Å². The van der Waals surface area contributed by atoms with Crippen LogP contribution in [0.5, 0.6) is 0 Å². The number of non-ortho nitro benzene ring substituents is 1. The van der Waals surface area contributed by atoms with Crippen molar-refractivity contribution in [2.45, 2.75) is 4.90 Å². The highest BCUT2D eigenvalue weighted by atomic mass is 32.2. The summed E-state index contributed by atoms with van der Waals surface area (Å²) in [4.78, 5) is 22.0. The zero-order valence-electron chi connectivity index (χ0n) is 11.8. The molecule has 1 amide bonds. The van der Waals surface area contributed by atoms with Crippen LogP contribution in [0.1, 0.15) is 10.4 Å². The number of amides is 1. The highest BCUT2D eigenvalue weighted by Gasteiger charge is 2.16. The van der Waals surface area contributed by atoms with Gasteiger partial charge in [0.15, 0.2) is 9.84 Å². The average Bonchev–Trinajstić information content (AvgIpc) is 2.48. The van der Waals surface area contributed by atoms with Gasteiger partial charge < -0.3 is 5.32 Å². The number of nitro benzene ring substituents is 1. The number of benzene rings is 2. The Kier molecular flexibility index (Phi) is 4.41. The minimum Gasteiger partial charge on any atom is -0.319 e. The normalized spacial score (nSPS) is 11.0. The molecule has 0 atom stereocenters. The van der Waals surface area contributed by atoms with Crippen molar-refractivity contribution in [1.29, 1.82) is 0 Å². The summed E-state index contributed by atoms with van der Waals surface area (Å²) in [5, 5.41) is 12.9. The predicted octanol–water partition coefficient (Wildman–Crippen LogP) is 2.39. The smallest absolute Gasteiger partial charge is 0.271 e. The van der Waals surface area contributed by atoms with E-state index in [0.29, 0.717) is 0 Å². The lowest BCUT2D eigenvalue weighted by Crippen LogP contribution is -2.14. The maximum atomic E-state index is 13.6. The first-order valence-corrected chi connectivity index (χ1v) is 8.13. The van der Waals surface area contributed by atoms with Gasteiger partial charge in [0, 0.05) is 24.0 Å². The monoisotopic (exact) mass is 338 g/mol. The van der Waals surface area contributed by atoms with E-state index in [1.165, 1.54) is 18.2 Å². The Morgan fingerprint density at radius 3 is 2.52 bits per heavy atom. The van der Waals surface area contributed by atoms with Crippen LogP contribution in [0.25, 0.3) is 0 Å². The van der Waals surface area contributed by atoms with Crippen LogP contribution in [-0.2, 0) is 9.84 Å². The van der Waals surface area contributed by atoms with Crippen LogP contribution in [0, 0.1) is 15.9 Å². The van der Waals surface area contributed by atoms with Crippen molar-refractivity contribution < 1.29 is 22.5 Å². The lowest BCUT2D eigenvalue weighted by Gasteiger charge is -2.07. The fourth-order valence-electron chi connectivity index (χ4n) is 1.79. The molecule has 0 bridgehead atoms.